The molecule has 18 heavy (non-hydrogen) atoms. The van der Waals surface area contributed by atoms with Crippen LogP contribution in [0.3, 0.4) is 0 Å². The third-order valence-electron chi connectivity index (χ3n) is 2.37. The van der Waals surface area contributed by atoms with Crippen LogP contribution in [0.5, 0.6) is 0 Å². The summed E-state index contributed by atoms with van der Waals surface area (Å²) in [7, 11) is 0. The lowest BCUT2D eigenvalue weighted by atomic mass is 10.2. The molecule has 0 aliphatic heterocycles. The van der Waals surface area contributed by atoms with Crippen LogP contribution in [0.15, 0.2) is 45.8 Å². The third kappa shape index (κ3) is 3.40. The average molecular weight is 347 g/mol. The van der Waals surface area contributed by atoms with Crippen LogP contribution >= 0.6 is 39.3 Å². The van der Waals surface area contributed by atoms with Crippen molar-refractivity contribution in [2.24, 2.45) is 0 Å². The second-order valence-corrected chi connectivity index (χ2v) is 6.05. The Morgan fingerprint density at radius 2 is 2.00 bits per heavy atom. The lowest BCUT2D eigenvalue weighted by molar-refractivity contribution is 0.627. The van der Waals surface area contributed by atoms with Gasteiger partial charge in [-0.15, -0.1) is 11.8 Å². The van der Waals surface area contributed by atoms with Gasteiger partial charge in [0, 0.05) is 25.8 Å². The molecule has 0 spiro atoms. The molecule has 2 aromatic carbocycles. The number of rotatable bonds is 3. The van der Waals surface area contributed by atoms with E-state index in [0.29, 0.717) is 16.5 Å². The van der Waals surface area contributed by atoms with Gasteiger partial charge in [-0.1, -0.05) is 33.6 Å². The van der Waals surface area contributed by atoms with Crippen LogP contribution in [0.1, 0.15) is 5.56 Å². The Morgan fingerprint density at radius 1 is 1.22 bits per heavy atom. The molecule has 0 bridgehead atoms. The Kier molecular flexibility index (Phi) is 4.54. The van der Waals surface area contributed by atoms with Crippen molar-refractivity contribution in [2.45, 2.75) is 10.6 Å². The molecule has 2 rings (SSSR count). The van der Waals surface area contributed by atoms with Crippen molar-refractivity contribution in [2.75, 3.05) is 5.73 Å². The topological polar surface area (TPSA) is 26.0 Å². The molecule has 0 saturated heterocycles. The number of nitrogens with two attached hydrogens (primary N) is 1. The first-order valence-electron chi connectivity index (χ1n) is 5.18. The van der Waals surface area contributed by atoms with E-state index in [4.69, 9.17) is 17.3 Å². The summed E-state index contributed by atoms with van der Waals surface area (Å²) in [6.07, 6.45) is 0. The second-order valence-electron chi connectivity index (χ2n) is 3.71. The number of thioether (sulfide) groups is 1. The predicted molar refractivity (Wildman–Crippen MR) is 79.5 cm³/mol. The lowest BCUT2D eigenvalue weighted by Gasteiger charge is -2.07. The minimum atomic E-state index is -0.322. The van der Waals surface area contributed by atoms with Gasteiger partial charge < -0.3 is 5.73 Å². The molecule has 0 aromatic heterocycles. The maximum atomic E-state index is 12.9. The van der Waals surface area contributed by atoms with Crippen molar-refractivity contribution in [1.82, 2.24) is 0 Å². The van der Waals surface area contributed by atoms with Crippen LogP contribution in [-0.4, -0.2) is 0 Å². The molecular weight excluding hydrogens is 337 g/mol. The first-order valence-corrected chi connectivity index (χ1v) is 7.33. The molecule has 0 amide bonds. The van der Waals surface area contributed by atoms with Crippen molar-refractivity contribution in [1.29, 1.82) is 0 Å². The van der Waals surface area contributed by atoms with Crippen LogP contribution in [0.4, 0.5) is 10.1 Å². The molecular formula is C13H10BrClFNS. The van der Waals surface area contributed by atoms with E-state index >= 15 is 0 Å². The molecule has 5 heteroatoms. The van der Waals surface area contributed by atoms with E-state index < -0.39 is 0 Å². The number of hydrogen-bond donors (Lipinski definition) is 1. The Morgan fingerprint density at radius 3 is 2.67 bits per heavy atom. The van der Waals surface area contributed by atoms with E-state index in [9.17, 15) is 4.39 Å². The summed E-state index contributed by atoms with van der Waals surface area (Å²) in [5, 5.41) is 0.443. The van der Waals surface area contributed by atoms with Gasteiger partial charge in [0.2, 0.25) is 0 Å². The summed E-state index contributed by atoms with van der Waals surface area (Å²) in [6.45, 7) is 0. The fraction of sp³-hybridized carbons (Fsp3) is 0.0769. The Labute approximate surface area is 123 Å². The molecule has 0 aliphatic carbocycles. The van der Waals surface area contributed by atoms with Gasteiger partial charge in [0.05, 0.1) is 0 Å². The third-order valence-corrected chi connectivity index (χ3v) is 4.35. The van der Waals surface area contributed by atoms with Crippen LogP contribution in [0, 0.1) is 5.82 Å². The van der Waals surface area contributed by atoms with Gasteiger partial charge in [-0.25, -0.2) is 4.39 Å². The summed E-state index contributed by atoms with van der Waals surface area (Å²) in [5.41, 5.74) is 7.51. The summed E-state index contributed by atoms with van der Waals surface area (Å²) >= 11 is 10.9. The van der Waals surface area contributed by atoms with Crippen LogP contribution in [0.2, 0.25) is 5.02 Å². The average Bonchev–Trinajstić information content (AvgIpc) is 2.30. The van der Waals surface area contributed by atoms with Crippen LogP contribution in [-0.2, 0) is 5.75 Å². The highest BCUT2D eigenvalue weighted by Crippen LogP contribution is 2.32. The number of hydrogen-bond acceptors (Lipinski definition) is 2. The van der Waals surface area contributed by atoms with Crippen molar-refractivity contribution in [3.63, 3.8) is 0 Å². The molecule has 2 N–H and O–H groups in total. The SMILES string of the molecule is Nc1cc(Br)ccc1SCc1ccc(F)cc1Cl. The van der Waals surface area contributed by atoms with Gasteiger partial charge in [-0.2, -0.15) is 0 Å². The monoisotopic (exact) mass is 345 g/mol. The van der Waals surface area contributed by atoms with E-state index in [1.54, 1.807) is 17.8 Å². The standard InChI is InChI=1S/C13H10BrClFNS/c14-9-2-4-13(12(17)5-9)18-7-8-1-3-10(16)6-11(8)15/h1-6H,7,17H2. The largest absolute Gasteiger partial charge is 0.398 e. The van der Waals surface area contributed by atoms with Crippen molar-refractivity contribution in [3.8, 4) is 0 Å². The number of halogens is 3. The van der Waals surface area contributed by atoms with E-state index in [-0.39, 0.29) is 5.82 Å². The van der Waals surface area contributed by atoms with Crippen LogP contribution < -0.4 is 5.73 Å². The van der Waals surface area contributed by atoms with Gasteiger partial charge in [0.15, 0.2) is 0 Å². The van der Waals surface area contributed by atoms with Gasteiger partial charge in [-0.05, 0) is 35.9 Å². The van der Waals surface area contributed by atoms with Gasteiger partial charge in [0.1, 0.15) is 5.82 Å². The van der Waals surface area contributed by atoms with Gasteiger partial charge in [0.25, 0.3) is 0 Å². The van der Waals surface area contributed by atoms with Crippen molar-refractivity contribution >= 4 is 45.0 Å². The van der Waals surface area contributed by atoms with Crippen molar-refractivity contribution < 1.29 is 4.39 Å². The van der Waals surface area contributed by atoms with Crippen LogP contribution in [0.25, 0.3) is 0 Å². The molecule has 0 unspecified atom stereocenters. The summed E-state index contributed by atoms with van der Waals surface area (Å²) in [5.74, 6) is 0.335. The fourth-order valence-corrected chi connectivity index (χ4v) is 3.09. The highest BCUT2D eigenvalue weighted by atomic mass is 79.9. The quantitative estimate of drug-likeness (QED) is 0.617. The maximum absolute atomic E-state index is 12.9. The molecule has 2 aromatic rings. The van der Waals surface area contributed by atoms with E-state index in [2.05, 4.69) is 15.9 Å². The number of anilines is 1. The van der Waals surface area contributed by atoms with Crippen molar-refractivity contribution in [3.05, 3.63) is 57.3 Å². The van der Waals surface area contributed by atoms with E-state index in [1.165, 1.54) is 12.1 Å². The number of nitrogen functional groups attached to an aromatic ring is 1. The number of benzene rings is 2. The van der Waals surface area contributed by atoms with E-state index in [0.717, 1.165) is 14.9 Å². The maximum Gasteiger partial charge on any atom is 0.124 e. The Balaban J connectivity index is 2.11. The first-order chi connectivity index (χ1) is 8.56. The zero-order valence-electron chi connectivity index (χ0n) is 9.29. The predicted octanol–water partition coefficient (Wildman–Crippen LogP) is 5.12. The molecule has 0 saturated carbocycles. The molecule has 0 fully saturated rings. The van der Waals surface area contributed by atoms with Gasteiger partial charge in [-0.3, -0.25) is 0 Å². The zero-order chi connectivity index (χ0) is 13.1. The molecule has 94 valence electrons. The smallest absolute Gasteiger partial charge is 0.124 e. The normalized spacial score (nSPS) is 10.6. The summed E-state index contributed by atoms with van der Waals surface area (Å²) < 4.78 is 13.9. The molecule has 0 heterocycles. The minimum Gasteiger partial charge on any atom is -0.398 e. The van der Waals surface area contributed by atoms with E-state index in [1.807, 2.05) is 18.2 Å². The fourth-order valence-electron chi connectivity index (χ4n) is 1.45. The lowest BCUT2D eigenvalue weighted by Crippen LogP contribution is -1.90. The Bertz CT molecular complexity index is 525. The minimum absolute atomic E-state index is 0.322. The highest BCUT2D eigenvalue weighted by molar-refractivity contribution is 9.10. The second kappa shape index (κ2) is 5.95. The molecule has 1 nitrogen and oxygen atoms in total. The summed E-state index contributed by atoms with van der Waals surface area (Å²) in [6, 6.07) is 10.2. The molecule has 0 aliphatic rings. The molecule has 0 radical (unpaired) electrons. The summed E-state index contributed by atoms with van der Waals surface area (Å²) in [4.78, 5) is 0.985. The molecule has 0 atom stereocenters. The Hall–Kier alpha value is -0.710. The first kappa shape index (κ1) is 13.7. The highest BCUT2D eigenvalue weighted by Gasteiger charge is 2.05. The zero-order valence-corrected chi connectivity index (χ0v) is 12.4. The van der Waals surface area contributed by atoms with Gasteiger partial charge >= 0.3 is 0 Å².